The van der Waals surface area contributed by atoms with Gasteiger partial charge in [0.1, 0.15) is 0 Å². The van der Waals surface area contributed by atoms with Gasteiger partial charge in [-0.25, -0.2) is 0 Å². The molecule has 0 aromatic carbocycles. The van der Waals surface area contributed by atoms with Crippen LogP contribution in [0.1, 0.15) is 52.9 Å². The summed E-state index contributed by atoms with van der Waals surface area (Å²) < 4.78 is 0. The molecule has 0 saturated heterocycles. The van der Waals surface area contributed by atoms with Gasteiger partial charge in [0.15, 0.2) is 0 Å². The normalized spacial score (nSPS) is 19.8. The summed E-state index contributed by atoms with van der Waals surface area (Å²) in [4.78, 5) is 12.2. The Morgan fingerprint density at radius 3 is 2.38 bits per heavy atom. The topological polar surface area (TPSA) is 29.1 Å². The lowest BCUT2D eigenvalue weighted by atomic mass is 9.82. The van der Waals surface area contributed by atoms with E-state index in [1.165, 1.54) is 12.8 Å². The van der Waals surface area contributed by atoms with Gasteiger partial charge >= 0.3 is 0 Å². The van der Waals surface area contributed by atoms with Gasteiger partial charge in [-0.05, 0) is 24.7 Å². The smallest absolute Gasteiger partial charge is 0.226 e. The first-order chi connectivity index (χ1) is 7.46. The van der Waals surface area contributed by atoms with Crippen molar-refractivity contribution < 1.29 is 4.79 Å². The maximum absolute atomic E-state index is 12.2. The van der Waals surface area contributed by atoms with E-state index in [2.05, 4.69) is 42.0 Å². The fraction of sp³-hybridized carbons (Fsp3) is 0.923. The number of amides is 1. The van der Waals surface area contributed by atoms with Crippen LogP contribution in [0.5, 0.6) is 0 Å². The predicted molar refractivity (Wildman–Crippen MR) is 71.8 cm³/mol. The SMILES string of the molecule is CCC1(C(=O)NCC(C)(C)CBr)CCCC1. The number of nitrogens with one attached hydrogen (secondary N) is 1. The summed E-state index contributed by atoms with van der Waals surface area (Å²) >= 11 is 3.48. The van der Waals surface area contributed by atoms with Crippen molar-refractivity contribution in [3.63, 3.8) is 0 Å². The van der Waals surface area contributed by atoms with Crippen molar-refractivity contribution in [1.29, 1.82) is 0 Å². The maximum atomic E-state index is 12.2. The average Bonchev–Trinajstić information content (AvgIpc) is 2.76. The van der Waals surface area contributed by atoms with Crippen molar-refractivity contribution in [2.45, 2.75) is 52.9 Å². The molecule has 0 radical (unpaired) electrons. The van der Waals surface area contributed by atoms with Gasteiger partial charge in [-0.15, -0.1) is 0 Å². The molecular formula is C13H24BrNO. The van der Waals surface area contributed by atoms with Crippen LogP contribution in [-0.2, 0) is 4.79 Å². The lowest BCUT2D eigenvalue weighted by Gasteiger charge is -2.29. The molecular weight excluding hydrogens is 266 g/mol. The first-order valence-electron chi connectivity index (χ1n) is 6.30. The molecule has 16 heavy (non-hydrogen) atoms. The van der Waals surface area contributed by atoms with Gasteiger partial charge in [-0.2, -0.15) is 0 Å². The van der Waals surface area contributed by atoms with E-state index in [0.717, 1.165) is 31.1 Å². The molecule has 1 aliphatic rings. The molecule has 1 amide bonds. The van der Waals surface area contributed by atoms with E-state index in [9.17, 15) is 4.79 Å². The van der Waals surface area contributed by atoms with Gasteiger partial charge in [0.25, 0.3) is 0 Å². The fourth-order valence-electron chi connectivity index (χ4n) is 2.35. The monoisotopic (exact) mass is 289 g/mol. The number of halogens is 1. The highest BCUT2D eigenvalue weighted by Crippen LogP contribution is 2.41. The summed E-state index contributed by atoms with van der Waals surface area (Å²) in [6, 6.07) is 0. The molecule has 0 aromatic rings. The Bertz CT molecular complexity index is 244. The minimum atomic E-state index is -0.0532. The van der Waals surface area contributed by atoms with Gasteiger partial charge in [0, 0.05) is 17.3 Å². The van der Waals surface area contributed by atoms with E-state index in [4.69, 9.17) is 0 Å². The van der Waals surface area contributed by atoms with E-state index in [1.54, 1.807) is 0 Å². The van der Waals surface area contributed by atoms with E-state index in [-0.39, 0.29) is 16.7 Å². The minimum absolute atomic E-state index is 0.0532. The Morgan fingerprint density at radius 2 is 1.94 bits per heavy atom. The van der Waals surface area contributed by atoms with Crippen molar-refractivity contribution in [2.24, 2.45) is 10.8 Å². The number of carbonyl (C=O) groups is 1. The summed E-state index contributed by atoms with van der Waals surface area (Å²) in [6.45, 7) is 7.23. The summed E-state index contributed by atoms with van der Waals surface area (Å²) in [6.07, 6.45) is 5.55. The number of hydrogen-bond donors (Lipinski definition) is 1. The second kappa shape index (κ2) is 5.52. The van der Waals surface area contributed by atoms with Crippen LogP contribution >= 0.6 is 15.9 Å². The molecule has 1 N–H and O–H groups in total. The number of carbonyl (C=O) groups excluding carboxylic acids is 1. The van der Waals surface area contributed by atoms with Crippen LogP contribution in [0, 0.1) is 10.8 Å². The van der Waals surface area contributed by atoms with Crippen LogP contribution in [0.3, 0.4) is 0 Å². The Morgan fingerprint density at radius 1 is 1.38 bits per heavy atom. The molecule has 0 atom stereocenters. The highest BCUT2D eigenvalue weighted by atomic mass is 79.9. The molecule has 3 heteroatoms. The number of rotatable bonds is 5. The van der Waals surface area contributed by atoms with Crippen LogP contribution < -0.4 is 5.32 Å². The highest BCUT2D eigenvalue weighted by Gasteiger charge is 2.39. The summed E-state index contributed by atoms with van der Waals surface area (Å²) in [5, 5.41) is 4.05. The van der Waals surface area contributed by atoms with Crippen molar-refractivity contribution in [3.05, 3.63) is 0 Å². The van der Waals surface area contributed by atoms with Gasteiger partial charge in [0.2, 0.25) is 5.91 Å². The zero-order valence-corrected chi connectivity index (χ0v) is 12.3. The molecule has 1 aliphatic carbocycles. The molecule has 1 rings (SSSR count). The summed E-state index contributed by atoms with van der Waals surface area (Å²) in [5.74, 6) is 0.279. The third-order valence-electron chi connectivity index (χ3n) is 3.81. The Hall–Kier alpha value is -0.0500. The first-order valence-corrected chi connectivity index (χ1v) is 7.42. The third-order valence-corrected chi connectivity index (χ3v) is 5.33. The molecule has 1 saturated carbocycles. The molecule has 0 heterocycles. The van der Waals surface area contributed by atoms with Crippen LogP contribution in [0.4, 0.5) is 0 Å². The second-order valence-corrected chi connectivity index (χ2v) is 6.38. The lowest BCUT2D eigenvalue weighted by molar-refractivity contribution is -0.131. The number of alkyl halides is 1. The standard InChI is InChI=1S/C13H24BrNO/c1-4-13(7-5-6-8-13)11(16)15-10-12(2,3)9-14/h4-10H2,1-3H3,(H,15,16). The zero-order valence-electron chi connectivity index (χ0n) is 10.7. The Labute approximate surface area is 108 Å². The average molecular weight is 290 g/mol. The molecule has 2 nitrogen and oxygen atoms in total. The van der Waals surface area contributed by atoms with Gasteiger partial charge < -0.3 is 5.32 Å². The van der Waals surface area contributed by atoms with E-state index >= 15 is 0 Å². The van der Waals surface area contributed by atoms with Crippen molar-refractivity contribution >= 4 is 21.8 Å². The fourth-order valence-corrected chi connectivity index (χ4v) is 2.55. The minimum Gasteiger partial charge on any atom is -0.355 e. The number of hydrogen-bond acceptors (Lipinski definition) is 1. The molecule has 0 bridgehead atoms. The summed E-state index contributed by atoms with van der Waals surface area (Å²) in [5.41, 5.74) is 0.0889. The second-order valence-electron chi connectivity index (χ2n) is 5.82. The molecule has 0 aliphatic heterocycles. The molecule has 94 valence electrons. The maximum Gasteiger partial charge on any atom is 0.226 e. The lowest BCUT2D eigenvalue weighted by Crippen LogP contribution is -2.43. The summed E-state index contributed by atoms with van der Waals surface area (Å²) in [7, 11) is 0. The molecule has 1 fully saturated rings. The molecule has 0 aromatic heterocycles. The van der Waals surface area contributed by atoms with Crippen LogP contribution in [0.15, 0.2) is 0 Å². The predicted octanol–water partition coefficient (Wildman–Crippen LogP) is 3.49. The van der Waals surface area contributed by atoms with Gasteiger partial charge in [-0.1, -0.05) is 49.5 Å². The molecule has 0 spiro atoms. The van der Waals surface area contributed by atoms with Crippen molar-refractivity contribution in [1.82, 2.24) is 5.32 Å². The quantitative estimate of drug-likeness (QED) is 0.771. The zero-order chi connectivity index (χ0) is 12.2. The van der Waals surface area contributed by atoms with Crippen molar-refractivity contribution in [3.8, 4) is 0 Å². The highest BCUT2D eigenvalue weighted by molar-refractivity contribution is 9.09. The molecule has 0 unspecified atom stereocenters. The van der Waals surface area contributed by atoms with Crippen LogP contribution in [0.25, 0.3) is 0 Å². The van der Waals surface area contributed by atoms with E-state index in [0.29, 0.717) is 0 Å². The van der Waals surface area contributed by atoms with Crippen molar-refractivity contribution in [2.75, 3.05) is 11.9 Å². The first kappa shape index (κ1) is 14.0. The Kier molecular flexibility index (Phi) is 4.84. The van der Waals surface area contributed by atoms with E-state index in [1.807, 2.05) is 0 Å². The van der Waals surface area contributed by atoms with Crippen LogP contribution in [-0.4, -0.2) is 17.8 Å². The van der Waals surface area contributed by atoms with E-state index < -0.39 is 0 Å². The van der Waals surface area contributed by atoms with Gasteiger partial charge in [-0.3, -0.25) is 4.79 Å². The largest absolute Gasteiger partial charge is 0.355 e. The Balaban J connectivity index is 2.51. The third kappa shape index (κ3) is 3.22. The van der Waals surface area contributed by atoms with Crippen LogP contribution in [0.2, 0.25) is 0 Å². The van der Waals surface area contributed by atoms with Gasteiger partial charge in [0.05, 0.1) is 0 Å².